The van der Waals surface area contributed by atoms with Crippen molar-refractivity contribution >= 4 is 0 Å². The zero-order valence-electron chi connectivity index (χ0n) is 22.3. The summed E-state index contributed by atoms with van der Waals surface area (Å²) in [5.41, 5.74) is 2.15. The summed E-state index contributed by atoms with van der Waals surface area (Å²) in [6.45, 7) is 6.01. The highest BCUT2D eigenvalue weighted by molar-refractivity contribution is 5.71. The van der Waals surface area contributed by atoms with Gasteiger partial charge in [0.2, 0.25) is 0 Å². The van der Waals surface area contributed by atoms with Gasteiger partial charge in [0.1, 0.15) is 0 Å². The van der Waals surface area contributed by atoms with Gasteiger partial charge in [-0.05, 0) is 72.6 Å². The van der Waals surface area contributed by atoms with E-state index in [1.54, 1.807) is 48.5 Å². The van der Waals surface area contributed by atoms with Crippen LogP contribution in [0.25, 0.3) is 22.3 Å². The Bertz CT molecular complexity index is 1220. The number of unbranched alkanes of at least 4 members (excludes halogenated alkanes) is 5. The summed E-state index contributed by atoms with van der Waals surface area (Å²) in [5, 5.41) is 0. The first-order chi connectivity index (χ1) is 18.4. The normalized spacial score (nSPS) is 17.5. The molecule has 0 heterocycles. The van der Waals surface area contributed by atoms with E-state index in [4.69, 9.17) is 0 Å². The lowest BCUT2D eigenvalue weighted by Gasteiger charge is -2.27. The van der Waals surface area contributed by atoms with Crippen molar-refractivity contribution in [2.24, 2.45) is 5.92 Å². The lowest BCUT2D eigenvalue weighted by atomic mass is 9.78. The third-order valence-corrected chi connectivity index (χ3v) is 8.13. The first kappa shape index (κ1) is 28.1. The minimum atomic E-state index is -0.867. The molecule has 0 radical (unpaired) electrons. The first-order valence-electron chi connectivity index (χ1n) is 14.1. The summed E-state index contributed by atoms with van der Waals surface area (Å²) < 4.78 is 59.9. The summed E-state index contributed by atoms with van der Waals surface area (Å²) in [6.07, 6.45) is 12.5. The molecule has 0 bridgehead atoms. The number of benzene rings is 3. The summed E-state index contributed by atoms with van der Waals surface area (Å²) >= 11 is 0. The molecule has 4 rings (SSSR count). The molecule has 3 aromatic rings. The van der Waals surface area contributed by atoms with Crippen molar-refractivity contribution in [3.8, 4) is 22.3 Å². The van der Waals surface area contributed by atoms with Crippen molar-refractivity contribution < 1.29 is 17.6 Å². The van der Waals surface area contributed by atoms with Crippen LogP contribution in [-0.4, -0.2) is 0 Å². The smallest absolute Gasteiger partial charge is 0.166 e. The van der Waals surface area contributed by atoms with E-state index >= 15 is 8.78 Å². The van der Waals surface area contributed by atoms with Gasteiger partial charge in [-0.3, -0.25) is 0 Å². The second kappa shape index (κ2) is 13.3. The van der Waals surface area contributed by atoms with Gasteiger partial charge < -0.3 is 0 Å². The highest BCUT2D eigenvalue weighted by Gasteiger charge is 2.25. The van der Waals surface area contributed by atoms with Crippen LogP contribution in [0.3, 0.4) is 0 Å². The third-order valence-electron chi connectivity index (χ3n) is 8.13. The highest BCUT2D eigenvalue weighted by atomic mass is 19.2. The van der Waals surface area contributed by atoms with E-state index in [1.165, 1.54) is 19.3 Å². The van der Waals surface area contributed by atoms with Crippen LogP contribution in [0.4, 0.5) is 17.6 Å². The zero-order chi connectivity index (χ0) is 27.1. The molecule has 0 unspecified atom stereocenters. The van der Waals surface area contributed by atoms with Crippen molar-refractivity contribution in [2.75, 3.05) is 0 Å². The molecule has 0 amide bonds. The Morgan fingerprint density at radius 3 is 1.82 bits per heavy atom. The maximum Gasteiger partial charge on any atom is 0.166 e. The van der Waals surface area contributed by atoms with Gasteiger partial charge in [0.25, 0.3) is 0 Å². The summed E-state index contributed by atoms with van der Waals surface area (Å²) in [4.78, 5) is 0. The molecule has 0 nitrogen and oxygen atoms in total. The van der Waals surface area contributed by atoms with Crippen LogP contribution >= 0.6 is 0 Å². The lowest BCUT2D eigenvalue weighted by Crippen LogP contribution is -2.13. The van der Waals surface area contributed by atoms with Gasteiger partial charge in [-0.2, -0.15) is 0 Å². The van der Waals surface area contributed by atoms with E-state index < -0.39 is 23.3 Å². The van der Waals surface area contributed by atoms with Gasteiger partial charge in [0.05, 0.1) is 0 Å². The van der Waals surface area contributed by atoms with Gasteiger partial charge in [-0.1, -0.05) is 93.6 Å². The Kier molecular flexibility index (Phi) is 9.82. The first-order valence-corrected chi connectivity index (χ1v) is 14.1. The largest absolute Gasteiger partial charge is 0.203 e. The zero-order valence-corrected chi connectivity index (χ0v) is 22.3. The molecule has 3 aromatic carbocycles. The average Bonchev–Trinajstić information content (AvgIpc) is 2.94. The van der Waals surface area contributed by atoms with E-state index in [0.717, 1.165) is 44.9 Å². The van der Waals surface area contributed by atoms with Crippen LogP contribution in [0, 0.1) is 29.2 Å². The monoisotopic (exact) mass is 522 g/mol. The molecule has 1 saturated carbocycles. The molecule has 0 saturated heterocycles. The van der Waals surface area contributed by atoms with Crippen LogP contribution in [0.15, 0.2) is 61.2 Å². The van der Waals surface area contributed by atoms with E-state index in [9.17, 15) is 8.78 Å². The summed E-state index contributed by atoms with van der Waals surface area (Å²) in [7, 11) is 0. The second-order valence-corrected chi connectivity index (χ2v) is 10.7. The number of allylic oxidation sites excluding steroid dienone is 1. The summed E-state index contributed by atoms with van der Waals surface area (Å²) in [6, 6.07) is 13.1. The molecule has 0 N–H and O–H groups in total. The van der Waals surface area contributed by atoms with Crippen LogP contribution in [0.1, 0.15) is 88.2 Å². The van der Waals surface area contributed by atoms with Crippen molar-refractivity contribution in [2.45, 2.75) is 83.5 Å². The quantitative estimate of drug-likeness (QED) is 0.133. The van der Waals surface area contributed by atoms with E-state index in [0.29, 0.717) is 34.6 Å². The Morgan fingerprint density at radius 2 is 1.21 bits per heavy atom. The predicted octanol–water partition coefficient (Wildman–Crippen LogP) is 10.9. The fourth-order valence-electron chi connectivity index (χ4n) is 5.70. The number of rotatable bonds is 11. The molecule has 0 aliphatic heterocycles. The van der Waals surface area contributed by atoms with Crippen molar-refractivity contribution in [1.82, 2.24) is 0 Å². The Hall–Kier alpha value is -2.88. The average molecular weight is 523 g/mol. The maximum atomic E-state index is 15.1. The maximum absolute atomic E-state index is 15.1. The molecule has 0 spiro atoms. The van der Waals surface area contributed by atoms with Crippen molar-refractivity contribution in [3.63, 3.8) is 0 Å². The highest BCUT2D eigenvalue weighted by Crippen LogP contribution is 2.39. The minimum Gasteiger partial charge on any atom is -0.203 e. The van der Waals surface area contributed by atoms with Crippen LogP contribution < -0.4 is 0 Å². The fraction of sp³-hybridized carbons (Fsp3) is 0.412. The fourth-order valence-corrected chi connectivity index (χ4v) is 5.70. The standard InChI is InChI=1S/C34H38F4/c1-3-5-6-7-8-9-10-27-19-20-28(32(36)31(27)35)25-15-17-26(18-16-25)30-22-21-29(33(37)34(30)38)24-13-11-23(4-2)12-14-24/h4,15-24H,2-3,5-14H2,1H3. The van der Waals surface area contributed by atoms with Gasteiger partial charge in [-0.25, -0.2) is 17.6 Å². The molecule has 38 heavy (non-hydrogen) atoms. The Labute approximate surface area is 224 Å². The van der Waals surface area contributed by atoms with Gasteiger partial charge in [-0.15, -0.1) is 6.58 Å². The predicted molar refractivity (Wildman–Crippen MR) is 149 cm³/mol. The van der Waals surface area contributed by atoms with Crippen molar-refractivity contribution in [1.29, 1.82) is 0 Å². The number of hydrogen-bond acceptors (Lipinski definition) is 0. The molecule has 4 heteroatoms. The van der Waals surface area contributed by atoms with Crippen LogP contribution in [-0.2, 0) is 6.42 Å². The minimum absolute atomic E-state index is 0.0130. The van der Waals surface area contributed by atoms with Gasteiger partial charge in [0, 0.05) is 11.1 Å². The number of hydrogen-bond donors (Lipinski definition) is 0. The van der Waals surface area contributed by atoms with E-state index in [1.807, 2.05) is 6.08 Å². The number of aryl methyl sites for hydroxylation is 1. The number of halogens is 4. The van der Waals surface area contributed by atoms with Gasteiger partial charge >= 0.3 is 0 Å². The molecular formula is C34H38F4. The van der Waals surface area contributed by atoms with E-state index in [-0.39, 0.29) is 17.0 Å². The molecular weight excluding hydrogens is 484 g/mol. The van der Waals surface area contributed by atoms with Crippen LogP contribution in [0.2, 0.25) is 0 Å². The topological polar surface area (TPSA) is 0 Å². The molecule has 1 aliphatic rings. The van der Waals surface area contributed by atoms with Crippen LogP contribution in [0.5, 0.6) is 0 Å². The lowest BCUT2D eigenvalue weighted by molar-refractivity contribution is 0.364. The molecule has 1 fully saturated rings. The van der Waals surface area contributed by atoms with E-state index in [2.05, 4.69) is 13.5 Å². The molecule has 0 aromatic heterocycles. The third kappa shape index (κ3) is 6.39. The molecule has 202 valence electrons. The molecule has 0 atom stereocenters. The molecule has 1 aliphatic carbocycles. The Balaban J connectivity index is 1.46. The summed E-state index contributed by atoms with van der Waals surface area (Å²) in [5.74, 6) is -2.86. The SMILES string of the molecule is C=CC1CCC(c2ccc(-c3ccc(-c4ccc(CCCCCCCC)c(F)c4F)cc3)c(F)c2F)CC1. The second-order valence-electron chi connectivity index (χ2n) is 10.7. The van der Waals surface area contributed by atoms with Crippen molar-refractivity contribution in [3.05, 3.63) is 95.6 Å². The van der Waals surface area contributed by atoms with Gasteiger partial charge in [0.15, 0.2) is 23.3 Å². The Morgan fingerprint density at radius 1 is 0.658 bits per heavy atom.